The quantitative estimate of drug-likeness (QED) is 0.310. The van der Waals surface area contributed by atoms with Crippen molar-refractivity contribution in [3.05, 3.63) is 50.1 Å². The molecule has 25 heavy (non-hydrogen) atoms. The maximum Gasteiger partial charge on any atom is 0.435 e. The highest BCUT2D eigenvalue weighted by atomic mass is 79.9. The molecular formula is C14H4Br2ClF7N. The van der Waals surface area contributed by atoms with Gasteiger partial charge in [-0.3, -0.25) is 0 Å². The van der Waals surface area contributed by atoms with E-state index >= 15 is 0 Å². The van der Waals surface area contributed by atoms with Crippen LogP contribution in [0.1, 0.15) is 5.56 Å². The van der Waals surface area contributed by atoms with Crippen molar-refractivity contribution in [2.75, 3.05) is 0 Å². The van der Waals surface area contributed by atoms with Gasteiger partial charge in [-0.15, -0.1) is 0 Å². The molecule has 11 heteroatoms. The zero-order chi connectivity index (χ0) is 19.2. The van der Waals surface area contributed by atoms with Crippen molar-refractivity contribution in [3.8, 4) is 11.1 Å². The van der Waals surface area contributed by atoms with E-state index < -0.39 is 29.1 Å². The Bertz CT molecular complexity index is 773. The summed E-state index contributed by atoms with van der Waals surface area (Å²) in [7, 11) is 0. The number of hydrogen-bond donors (Lipinski definition) is 0. The van der Waals surface area contributed by atoms with E-state index in [2.05, 4.69) is 42.9 Å². The summed E-state index contributed by atoms with van der Waals surface area (Å²) in [5.41, 5.74) is -8.14. The number of aromatic nitrogens is 1. The molecule has 0 fully saturated rings. The Balaban J connectivity index is 2.91. The lowest BCUT2D eigenvalue weighted by Crippen LogP contribution is -2.50. The van der Waals surface area contributed by atoms with Gasteiger partial charge in [0.15, 0.2) is 0 Å². The fourth-order valence-corrected chi connectivity index (χ4v) is 3.53. The Morgan fingerprint density at radius 3 is 1.96 bits per heavy atom. The van der Waals surface area contributed by atoms with Crippen LogP contribution in [0.15, 0.2) is 33.3 Å². The van der Waals surface area contributed by atoms with E-state index in [0.717, 1.165) is 18.3 Å². The maximum absolute atomic E-state index is 14.6. The molecule has 1 heterocycles. The van der Waals surface area contributed by atoms with Crippen LogP contribution >= 0.6 is 43.5 Å². The molecule has 0 aliphatic carbocycles. The number of alkyl halides is 7. The molecule has 135 valence electrons. The molecule has 1 aromatic heterocycles. The Kier molecular flexibility index (Phi) is 5.48. The monoisotopic (exact) mass is 512 g/mol. The van der Waals surface area contributed by atoms with Crippen LogP contribution in [0.3, 0.4) is 0 Å². The van der Waals surface area contributed by atoms with Crippen molar-refractivity contribution in [3.63, 3.8) is 0 Å². The van der Waals surface area contributed by atoms with E-state index in [9.17, 15) is 30.7 Å². The summed E-state index contributed by atoms with van der Waals surface area (Å²) in [6, 6.07) is 5.09. The first kappa shape index (κ1) is 20.4. The molecule has 0 spiro atoms. The molecule has 0 aliphatic rings. The van der Waals surface area contributed by atoms with E-state index in [1.807, 2.05) is 0 Å². The highest BCUT2D eigenvalue weighted by molar-refractivity contribution is 9.11. The van der Waals surface area contributed by atoms with Crippen LogP contribution in [-0.2, 0) is 5.67 Å². The average Bonchev–Trinajstić information content (AvgIpc) is 2.44. The van der Waals surface area contributed by atoms with E-state index in [1.165, 1.54) is 0 Å². The smallest absolute Gasteiger partial charge is 0.244 e. The summed E-state index contributed by atoms with van der Waals surface area (Å²) in [4.78, 5) is 3.60. The van der Waals surface area contributed by atoms with Crippen LogP contribution < -0.4 is 0 Å². The van der Waals surface area contributed by atoms with Gasteiger partial charge in [0, 0.05) is 37.9 Å². The molecule has 0 bridgehead atoms. The summed E-state index contributed by atoms with van der Waals surface area (Å²) in [5, 5.41) is -0.0410. The van der Waals surface area contributed by atoms with Crippen LogP contribution in [-0.4, -0.2) is 17.3 Å². The third kappa shape index (κ3) is 3.66. The topological polar surface area (TPSA) is 12.9 Å². The molecule has 0 saturated carbocycles. The lowest BCUT2D eigenvalue weighted by Gasteiger charge is -2.32. The van der Waals surface area contributed by atoms with E-state index in [-0.39, 0.29) is 19.7 Å². The normalized spacial score (nSPS) is 13.2. The van der Waals surface area contributed by atoms with Gasteiger partial charge in [-0.05, 0) is 34.1 Å². The van der Waals surface area contributed by atoms with E-state index in [4.69, 9.17) is 11.6 Å². The molecule has 2 aromatic rings. The van der Waals surface area contributed by atoms with Crippen molar-refractivity contribution in [2.24, 2.45) is 0 Å². The first-order chi connectivity index (χ1) is 11.3. The van der Waals surface area contributed by atoms with Gasteiger partial charge in [0.2, 0.25) is 0 Å². The Morgan fingerprint density at radius 1 is 0.960 bits per heavy atom. The van der Waals surface area contributed by atoms with Gasteiger partial charge < -0.3 is 0 Å². The molecule has 0 atom stereocenters. The second-order valence-electron chi connectivity index (χ2n) is 4.74. The molecular weight excluding hydrogens is 510 g/mol. The van der Waals surface area contributed by atoms with Gasteiger partial charge in [0.05, 0.1) is 0 Å². The van der Waals surface area contributed by atoms with Gasteiger partial charge in [0.1, 0.15) is 5.15 Å². The molecule has 0 aliphatic heterocycles. The zero-order valence-corrected chi connectivity index (χ0v) is 15.5. The minimum Gasteiger partial charge on any atom is -0.244 e. The molecule has 2 rings (SSSR count). The van der Waals surface area contributed by atoms with Crippen LogP contribution in [0.2, 0.25) is 5.15 Å². The SMILES string of the molecule is FC(F)(F)C(F)(c1cc(Br)[c]c(Br)c1-c1ccc(Cl)nc1)C(F)(F)F. The third-order valence-corrected chi connectivity index (χ3v) is 4.40. The Morgan fingerprint density at radius 2 is 1.52 bits per heavy atom. The average molecular weight is 514 g/mol. The van der Waals surface area contributed by atoms with Crippen molar-refractivity contribution in [1.82, 2.24) is 4.98 Å². The molecule has 0 N–H and O–H groups in total. The number of hydrogen-bond acceptors (Lipinski definition) is 1. The largest absolute Gasteiger partial charge is 0.435 e. The summed E-state index contributed by atoms with van der Waals surface area (Å²) in [6.07, 6.45) is -11.6. The van der Waals surface area contributed by atoms with Crippen LogP contribution in [0.25, 0.3) is 11.1 Å². The lowest BCUT2D eigenvalue weighted by atomic mass is 9.87. The van der Waals surface area contributed by atoms with Crippen molar-refractivity contribution >= 4 is 43.5 Å². The summed E-state index contributed by atoms with van der Waals surface area (Å²) < 4.78 is 92.8. The Labute approximate surface area is 158 Å². The first-order valence-electron chi connectivity index (χ1n) is 6.15. The summed E-state index contributed by atoms with van der Waals surface area (Å²) in [5.74, 6) is 0. The number of benzene rings is 1. The molecule has 1 radical (unpaired) electrons. The van der Waals surface area contributed by atoms with Crippen LogP contribution in [0.5, 0.6) is 0 Å². The van der Waals surface area contributed by atoms with Crippen molar-refractivity contribution in [1.29, 1.82) is 0 Å². The maximum atomic E-state index is 14.6. The Hall–Kier alpha value is -0.870. The van der Waals surface area contributed by atoms with Gasteiger partial charge in [-0.2, -0.15) is 26.3 Å². The fourth-order valence-electron chi connectivity index (χ4n) is 2.06. The van der Waals surface area contributed by atoms with E-state index in [0.29, 0.717) is 6.07 Å². The molecule has 1 nitrogen and oxygen atoms in total. The standard InChI is InChI=1S/C14H4Br2ClF7N/c15-7-3-8(12(18,13(19,20)21)14(22,23)24)11(9(16)4-7)6-1-2-10(17)25-5-6/h1-3,5H. The van der Waals surface area contributed by atoms with Gasteiger partial charge in [-0.25, -0.2) is 9.37 Å². The lowest BCUT2D eigenvalue weighted by molar-refractivity contribution is -0.348. The fraction of sp³-hybridized carbons (Fsp3) is 0.214. The number of rotatable bonds is 2. The molecule has 0 saturated heterocycles. The number of halogens is 10. The number of pyridine rings is 1. The highest BCUT2D eigenvalue weighted by Gasteiger charge is 2.74. The highest BCUT2D eigenvalue weighted by Crippen LogP contribution is 2.56. The minimum absolute atomic E-state index is 0.0410. The predicted molar refractivity (Wildman–Crippen MR) is 83.8 cm³/mol. The zero-order valence-electron chi connectivity index (χ0n) is 11.5. The first-order valence-corrected chi connectivity index (χ1v) is 8.11. The second kappa shape index (κ2) is 6.70. The predicted octanol–water partition coefficient (Wildman–Crippen LogP) is 7.02. The van der Waals surface area contributed by atoms with Crippen LogP contribution in [0, 0.1) is 6.07 Å². The van der Waals surface area contributed by atoms with Gasteiger partial charge in [0.25, 0.3) is 0 Å². The molecule has 1 aromatic carbocycles. The van der Waals surface area contributed by atoms with Crippen LogP contribution in [0.4, 0.5) is 30.7 Å². The van der Waals surface area contributed by atoms with Crippen molar-refractivity contribution in [2.45, 2.75) is 18.0 Å². The second-order valence-corrected chi connectivity index (χ2v) is 6.78. The third-order valence-electron chi connectivity index (χ3n) is 3.16. The summed E-state index contributed by atoms with van der Waals surface area (Å²) in [6.45, 7) is 0. The van der Waals surface area contributed by atoms with E-state index in [1.54, 1.807) is 0 Å². The van der Waals surface area contributed by atoms with Crippen molar-refractivity contribution < 1.29 is 30.7 Å². The minimum atomic E-state index is -6.25. The number of nitrogens with zero attached hydrogens (tertiary/aromatic N) is 1. The van der Waals surface area contributed by atoms with Gasteiger partial charge >= 0.3 is 18.0 Å². The van der Waals surface area contributed by atoms with Gasteiger partial charge in [-0.1, -0.05) is 27.5 Å². The summed E-state index contributed by atoms with van der Waals surface area (Å²) >= 11 is 11.1. The molecule has 0 unspecified atom stereocenters. The molecule has 0 amide bonds.